The van der Waals surface area contributed by atoms with Gasteiger partial charge in [-0.25, -0.2) is 9.59 Å². The maximum absolute atomic E-state index is 13.3. The average Bonchev–Trinajstić information content (AvgIpc) is 3.31. The molecular formula is C33H39NO10. The molecule has 11 nitrogen and oxygen atoms in total. The highest BCUT2D eigenvalue weighted by Gasteiger charge is 2.63. The summed E-state index contributed by atoms with van der Waals surface area (Å²) >= 11 is 0. The lowest BCUT2D eigenvalue weighted by molar-refractivity contribution is -0.384. The lowest BCUT2D eigenvalue weighted by atomic mass is 9.70. The molecule has 236 valence electrons. The van der Waals surface area contributed by atoms with Crippen LogP contribution in [-0.2, 0) is 19.1 Å². The van der Waals surface area contributed by atoms with Gasteiger partial charge in [0.1, 0.15) is 17.8 Å². The Morgan fingerprint density at radius 3 is 2.36 bits per heavy atom. The zero-order chi connectivity index (χ0) is 32.2. The molecule has 0 radical (unpaired) electrons. The van der Waals surface area contributed by atoms with Crippen LogP contribution in [0.25, 0.3) is 0 Å². The summed E-state index contributed by atoms with van der Waals surface area (Å²) in [4.78, 5) is 61.3. The van der Waals surface area contributed by atoms with Gasteiger partial charge in [0.2, 0.25) is 0 Å². The summed E-state index contributed by atoms with van der Waals surface area (Å²) in [6.45, 7) is 8.43. The number of aromatic carboxylic acids is 1. The van der Waals surface area contributed by atoms with Crippen molar-refractivity contribution in [3.8, 4) is 5.75 Å². The van der Waals surface area contributed by atoms with E-state index in [0.29, 0.717) is 24.3 Å². The number of unbranched alkanes of at least 4 members (excludes halogenated alkanes) is 1. The van der Waals surface area contributed by atoms with Crippen molar-refractivity contribution in [3.05, 3.63) is 69.3 Å². The minimum absolute atomic E-state index is 0.0113. The molecule has 0 aromatic heterocycles. The van der Waals surface area contributed by atoms with Crippen LogP contribution in [0.15, 0.2) is 42.5 Å². The highest BCUT2D eigenvalue weighted by Crippen LogP contribution is 2.66. The number of nitro benzene ring substituents is 1. The number of benzene rings is 2. The normalized spacial score (nSPS) is 22.2. The predicted octanol–water partition coefficient (Wildman–Crippen LogP) is 6.82. The first-order valence-electron chi connectivity index (χ1n) is 15.0. The van der Waals surface area contributed by atoms with E-state index in [1.54, 1.807) is 18.2 Å². The van der Waals surface area contributed by atoms with Gasteiger partial charge >= 0.3 is 23.9 Å². The minimum Gasteiger partial charge on any atom is -0.478 e. The maximum atomic E-state index is 13.3. The molecule has 0 saturated heterocycles. The van der Waals surface area contributed by atoms with E-state index in [4.69, 9.17) is 14.2 Å². The smallest absolute Gasteiger partial charge is 0.342 e. The fourth-order valence-electron chi connectivity index (χ4n) is 6.61. The van der Waals surface area contributed by atoms with E-state index in [1.807, 2.05) is 6.92 Å². The van der Waals surface area contributed by atoms with Crippen LogP contribution in [0.4, 0.5) is 5.69 Å². The molecule has 0 amide bonds. The van der Waals surface area contributed by atoms with Crippen molar-refractivity contribution < 1.29 is 43.4 Å². The first-order valence-corrected chi connectivity index (χ1v) is 15.0. The van der Waals surface area contributed by atoms with Gasteiger partial charge in [-0.15, -0.1) is 0 Å². The molecule has 2 saturated carbocycles. The lowest BCUT2D eigenvalue weighted by Crippen LogP contribution is -2.38. The maximum Gasteiger partial charge on any atom is 0.342 e. The summed E-state index contributed by atoms with van der Waals surface area (Å²) in [6, 6.07) is 9.60. The largest absolute Gasteiger partial charge is 0.478 e. The summed E-state index contributed by atoms with van der Waals surface area (Å²) < 4.78 is 16.9. The van der Waals surface area contributed by atoms with Crippen LogP contribution < -0.4 is 4.74 Å². The quantitative estimate of drug-likeness (QED) is 0.110. The molecule has 2 aliphatic rings. The number of esters is 3. The number of carboxylic acids is 1. The van der Waals surface area contributed by atoms with Gasteiger partial charge in [0.15, 0.2) is 5.75 Å². The third-order valence-electron chi connectivity index (χ3n) is 9.75. The van der Waals surface area contributed by atoms with Crippen molar-refractivity contribution in [2.45, 2.75) is 91.3 Å². The SMILES string of the molecule is CCCCC(OC(=O)CCC(=O)Oc1cc([N+](=O)[O-])ccc1C(=O)OC1CC2CCC1(C)C2(C)C)c1ccccc1C(=O)O. The van der Waals surface area contributed by atoms with E-state index < -0.39 is 41.3 Å². The molecule has 2 aliphatic carbocycles. The second-order valence-electron chi connectivity index (χ2n) is 12.4. The molecule has 2 aromatic carbocycles. The number of fused-ring (bicyclic) bond motifs is 2. The molecule has 2 aromatic rings. The fourth-order valence-corrected chi connectivity index (χ4v) is 6.61. The number of hydrogen-bond acceptors (Lipinski definition) is 9. The van der Waals surface area contributed by atoms with E-state index in [9.17, 15) is 34.4 Å². The molecule has 2 bridgehead atoms. The second kappa shape index (κ2) is 13.2. The predicted molar refractivity (Wildman–Crippen MR) is 158 cm³/mol. The van der Waals surface area contributed by atoms with Gasteiger partial charge in [-0.05, 0) is 55.6 Å². The fraction of sp³-hybridized carbons (Fsp3) is 0.515. The summed E-state index contributed by atoms with van der Waals surface area (Å²) in [5.74, 6) is -3.45. The monoisotopic (exact) mass is 609 g/mol. The van der Waals surface area contributed by atoms with Crippen molar-refractivity contribution in [3.63, 3.8) is 0 Å². The van der Waals surface area contributed by atoms with Crippen molar-refractivity contribution >= 4 is 29.6 Å². The Hall–Kier alpha value is -4.28. The first kappa shape index (κ1) is 32.6. The zero-order valence-electron chi connectivity index (χ0n) is 25.5. The Bertz CT molecular complexity index is 1450. The lowest BCUT2D eigenvalue weighted by Gasteiger charge is -2.38. The standard InChI is InChI=1S/C33H39NO10/c1-5-6-11-25(22-9-7-8-10-23(22)30(37)38)42-28(35)14-15-29(36)43-26-19-21(34(40)41)12-13-24(26)31(39)44-27-18-20-16-17-33(27,4)32(20,2)3/h7-10,12-13,19-20,25,27H,5-6,11,14-18H2,1-4H3,(H,37,38). The van der Waals surface area contributed by atoms with Gasteiger partial charge in [0, 0.05) is 17.0 Å². The van der Waals surface area contributed by atoms with Crippen LogP contribution in [0.2, 0.25) is 0 Å². The molecule has 0 heterocycles. The molecule has 4 atom stereocenters. The summed E-state index contributed by atoms with van der Waals surface area (Å²) in [5, 5.41) is 21.0. The number of nitrogens with zero attached hydrogens (tertiary/aromatic N) is 1. The molecule has 0 aliphatic heterocycles. The molecule has 0 spiro atoms. The van der Waals surface area contributed by atoms with Crippen LogP contribution in [0.1, 0.15) is 111 Å². The Labute approximate surface area is 256 Å². The van der Waals surface area contributed by atoms with E-state index >= 15 is 0 Å². The number of non-ortho nitro benzene ring substituents is 1. The van der Waals surface area contributed by atoms with Crippen molar-refractivity contribution in [1.82, 2.24) is 0 Å². The number of carboxylic acid groups (broad SMARTS) is 1. The van der Waals surface area contributed by atoms with Crippen molar-refractivity contribution in [2.24, 2.45) is 16.7 Å². The van der Waals surface area contributed by atoms with Gasteiger partial charge in [-0.1, -0.05) is 52.3 Å². The van der Waals surface area contributed by atoms with Gasteiger partial charge < -0.3 is 19.3 Å². The topological polar surface area (TPSA) is 159 Å². The zero-order valence-corrected chi connectivity index (χ0v) is 25.5. The molecule has 44 heavy (non-hydrogen) atoms. The number of hydrogen-bond donors (Lipinski definition) is 1. The Morgan fingerprint density at radius 1 is 1.05 bits per heavy atom. The van der Waals surface area contributed by atoms with E-state index in [2.05, 4.69) is 20.8 Å². The van der Waals surface area contributed by atoms with Gasteiger partial charge in [-0.2, -0.15) is 0 Å². The summed E-state index contributed by atoms with van der Waals surface area (Å²) in [6.07, 6.45) is 2.58. The Balaban J connectivity index is 1.43. The van der Waals surface area contributed by atoms with Crippen LogP contribution >= 0.6 is 0 Å². The Kier molecular flexibility index (Phi) is 9.75. The van der Waals surface area contributed by atoms with E-state index in [-0.39, 0.29) is 45.9 Å². The van der Waals surface area contributed by atoms with Gasteiger partial charge in [0.25, 0.3) is 5.69 Å². The second-order valence-corrected chi connectivity index (χ2v) is 12.4. The molecule has 2 fully saturated rings. The third kappa shape index (κ3) is 6.61. The van der Waals surface area contributed by atoms with Gasteiger partial charge in [0.05, 0.1) is 29.4 Å². The number of rotatable bonds is 13. The summed E-state index contributed by atoms with van der Waals surface area (Å²) in [7, 11) is 0. The molecule has 11 heteroatoms. The van der Waals surface area contributed by atoms with E-state index in [0.717, 1.165) is 37.8 Å². The van der Waals surface area contributed by atoms with Crippen molar-refractivity contribution in [1.29, 1.82) is 0 Å². The summed E-state index contributed by atoms with van der Waals surface area (Å²) in [5.41, 5.74) is -0.354. The first-order chi connectivity index (χ1) is 20.8. The molecule has 4 rings (SSSR count). The van der Waals surface area contributed by atoms with E-state index in [1.165, 1.54) is 12.1 Å². The molecule has 4 unspecified atom stereocenters. The number of ether oxygens (including phenoxy) is 3. The minimum atomic E-state index is -1.15. The highest BCUT2D eigenvalue weighted by molar-refractivity contribution is 5.94. The van der Waals surface area contributed by atoms with Crippen LogP contribution in [0.3, 0.4) is 0 Å². The number of carbonyl (C=O) groups is 4. The third-order valence-corrected chi connectivity index (χ3v) is 9.75. The Morgan fingerprint density at radius 2 is 1.75 bits per heavy atom. The highest BCUT2D eigenvalue weighted by atomic mass is 16.6. The van der Waals surface area contributed by atoms with Crippen LogP contribution in [-0.4, -0.2) is 40.0 Å². The van der Waals surface area contributed by atoms with Crippen LogP contribution in [0, 0.1) is 26.9 Å². The van der Waals surface area contributed by atoms with Gasteiger partial charge in [-0.3, -0.25) is 19.7 Å². The number of carbonyl (C=O) groups excluding carboxylic acids is 3. The van der Waals surface area contributed by atoms with Crippen LogP contribution in [0.5, 0.6) is 5.75 Å². The average molecular weight is 610 g/mol. The molecule has 1 N–H and O–H groups in total. The molecular weight excluding hydrogens is 570 g/mol. The van der Waals surface area contributed by atoms with Crippen molar-refractivity contribution in [2.75, 3.05) is 0 Å². The number of nitro groups is 1.